The van der Waals surface area contributed by atoms with Gasteiger partial charge in [-0.3, -0.25) is 0 Å². The number of piperazine rings is 1. The smallest absolute Gasteiger partial charge is 0.243 e. The van der Waals surface area contributed by atoms with Crippen LogP contribution in [0.3, 0.4) is 0 Å². The molecule has 1 aliphatic rings. The summed E-state index contributed by atoms with van der Waals surface area (Å²) in [7, 11) is -3.46. The summed E-state index contributed by atoms with van der Waals surface area (Å²) < 4.78 is 27.0. The largest absolute Gasteiger partial charge is 0.352 e. The summed E-state index contributed by atoms with van der Waals surface area (Å²) in [6, 6.07) is 19.8. The van der Waals surface area contributed by atoms with Crippen molar-refractivity contribution in [2.45, 2.75) is 4.90 Å². The Labute approximate surface area is 169 Å². The van der Waals surface area contributed by atoms with Crippen LogP contribution in [0.15, 0.2) is 71.6 Å². The van der Waals surface area contributed by atoms with Gasteiger partial charge in [-0.15, -0.1) is 10.2 Å². The molecule has 0 bridgehead atoms. The van der Waals surface area contributed by atoms with E-state index in [4.69, 9.17) is 11.6 Å². The summed E-state index contributed by atoms with van der Waals surface area (Å²) >= 11 is 6.22. The lowest BCUT2D eigenvalue weighted by atomic mass is 10.1. The number of hydrogen-bond acceptors (Lipinski definition) is 5. The Balaban J connectivity index is 1.45. The van der Waals surface area contributed by atoms with Gasteiger partial charge < -0.3 is 4.90 Å². The number of nitrogens with zero attached hydrogens (tertiary/aromatic N) is 4. The zero-order chi connectivity index (χ0) is 19.6. The van der Waals surface area contributed by atoms with Crippen LogP contribution in [0.1, 0.15) is 0 Å². The highest BCUT2D eigenvalue weighted by molar-refractivity contribution is 7.89. The van der Waals surface area contributed by atoms with Crippen LogP contribution in [0.4, 0.5) is 5.82 Å². The molecule has 1 fully saturated rings. The van der Waals surface area contributed by atoms with E-state index < -0.39 is 10.0 Å². The van der Waals surface area contributed by atoms with Gasteiger partial charge in [-0.25, -0.2) is 8.42 Å². The molecule has 6 nitrogen and oxygen atoms in total. The summed E-state index contributed by atoms with van der Waals surface area (Å²) in [6.45, 7) is 1.94. The van der Waals surface area contributed by atoms with E-state index in [0.29, 0.717) is 41.8 Å². The fraction of sp³-hybridized carbons (Fsp3) is 0.200. The van der Waals surface area contributed by atoms with E-state index in [-0.39, 0.29) is 0 Å². The van der Waals surface area contributed by atoms with Crippen molar-refractivity contribution in [3.63, 3.8) is 0 Å². The number of hydrogen-bond donors (Lipinski definition) is 0. The molecule has 0 amide bonds. The highest BCUT2D eigenvalue weighted by atomic mass is 35.5. The van der Waals surface area contributed by atoms with E-state index in [1.165, 1.54) is 4.31 Å². The maximum Gasteiger partial charge on any atom is 0.243 e. The Bertz CT molecular complexity index is 1050. The van der Waals surface area contributed by atoms with Gasteiger partial charge in [0.15, 0.2) is 5.82 Å². The maximum atomic E-state index is 12.7. The normalized spacial score (nSPS) is 15.5. The first-order chi connectivity index (χ1) is 13.6. The van der Waals surface area contributed by atoms with E-state index in [1.54, 1.807) is 24.3 Å². The minimum absolute atomic E-state index is 0.326. The van der Waals surface area contributed by atoms with Gasteiger partial charge in [0.2, 0.25) is 10.0 Å². The molecule has 4 rings (SSSR count). The third-order valence-corrected chi connectivity index (χ3v) is 6.99. The van der Waals surface area contributed by atoms with Gasteiger partial charge >= 0.3 is 0 Å². The molecule has 2 aromatic carbocycles. The molecule has 0 aliphatic carbocycles. The fourth-order valence-corrected chi connectivity index (χ4v) is 4.88. The minimum atomic E-state index is -3.46. The topological polar surface area (TPSA) is 66.4 Å². The van der Waals surface area contributed by atoms with Crippen molar-refractivity contribution in [2.24, 2.45) is 0 Å². The third-order valence-electron chi connectivity index (χ3n) is 4.74. The lowest BCUT2D eigenvalue weighted by Gasteiger charge is -2.34. The number of halogens is 1. The molecule has 28 heavy (non-hydrogen) atoms. The maximum absolute atomic E-state index is 12.7. The van der Waals surface area contributed by atoms with Crippen LogP contribution in [0, 0.1) is 0 Å². The van der Waals surface area contributed by atoms with E-state index in [9.17, 15) is 8.42 Å². The predicted octanol–water partition coefficient (Wildman–Crippen LogP) is 3.31. The molecule has 0 spiro atoms. The summed E-state index contributed by atoms with van der Waals surface area (Å²) in [4.78, 5) is 2.37. The average molecular weight is 415 g/mol. The third kappa shape index (κ3) is 3.73. The molecule has 0 radical (unpaired) electrons. The molecule has 1 aliphatic heterocycles. The molecular formula is C20H19ClN4O2S. The van der Waals surface area contributed by atoms with E-state index in [0.717, 1.165) is 11.4 Å². The molecule has 0 atom stereocenters. The highest BCUT2D eigenvalue weighted by Crippen LogP contribution is 2.26. The van der Waals surface area contributed by atoms with Gasteiger partial charge in [-0.05, 0) is 30.3 Å². The van der Waals surface area contributed by atoms with Gasteiger partial charge in [-0.2, -0.15) is 4.31 Å². The second-order valence-electron chi connectivity index (χ2n) is 6.46. The number of rotatable bonds is 4. The Morgan fingerprint density at radius 1 is 0.786 bits per heavy atom. The summed E-state index contributed by atoms with van der Waals surface area (Å²) in [5.74, 6) is 0.729. The lowest BCUT2D eigenvalue weighted by Crippen LogP contribution is -2.48. The number of sulfonamides is 1. The van der Waals surface area contributed by atoms with Gasteiger partial charge in [0.1, 0.15) is 0 Å². The second-order valence-corrected chi connectivity index (χ2v) is 8.81. The molecule has 0 N–H and O–H groups in total. The number of aromatic nitrogens is 2. The first kappa shape index (κ1) is 18.9. The molecule has 2 heterocycles. The standard InChI is InChI=1S/C20H19ClN4O2S/c21-18-9-5-4-8-17(18)19-10-11-20(23-22-19)24-12-14-25(15-13-24)28(26,27)16-6-2-1-3-7-16/h1-11H,12-15H2. The van der Waals surface area contributed by atoms with Crippen LogP contribution >= 0.6 is 11.6 Å². The van der Waals surface area contributed by atoms with Crippen LogP contribution in [0.5, 0.6) is 0 Å². The minimum Gasteiger partial charge on any atom is -0.352 e. The van der Waals surface area contributed by atoms with E-state index in [2.05, 4.69) is 10.2 Å². The van der Waals surface area contributed by atoms with E-state index in [1.807, 2.05) is 47.4 Å². The average Bonchev–Trinajstić information content (AvgIpc) is 2.75. The zero-order valence-corrected chi connectivity index (χ0v) is 16.6. The van der Waals surface area contributed by atoms with Gasteiger partial charge in [-0.1, -0.05) is 48.0 Å². The van der Waals surface area contributed by atoms with Gasteiger partial charge in [0, 0.05) is 31.7 Å². The quantitative estimate of drug-likeness (QED) is 0.655. The Morgan fingerprint density at radius 2 is 1.46 bits per heavy atom. The fourth-order valence-electron chi connectivity index (χ4n) is 3.21. The monoisotopic (exact) mass is 414 g/mol. The first-order valence-corrected chi connectivity index (χ1v) is 10.8. The van der Waals surface area contributed by atoms with Gasteiger partial charge in [0.05, 0.1) is 15.6 Å². The summed E-state index contributed by atoms with van der Waals surface area (Å²) in [5, 5.41) is 9.24. The van der Waals surface area contributed by atoms with Crippen molar-refractivity contribution in [2.75, 3.05) is 31.1 Å². The van der Waals surface area contributed by atoms with Crippen LogP contribution < -0.4 is 4.90 Å². The van der Waals surface area contributed by atoms with Crippen molar-refractivity contribution in [1.82, 2.24) is 14.5 Å². The Kier molecular flexibility index (Phi) is 5.30. The van der Waals surface area contributed by atoms with Gasteiger partial charge in [0.25, 0.3) is 0 Å². The molecule has 0 unspecified atom stereocenters. The van der Waals surface area contributed by atoms with Crippen molar-refractivity contribution < 1.29 is 8.42 Å². The zero-order valence-electron chi connectivity index (χ0n) is 15.1. The second kappa shape index (κ2) is 7.87. The summed E-state index contributed by atoms with van der Waals surface area (Å²) in [6.07, 6.45) is 0. The molecule has 144 valence electrons. The van der Waals surface area contributed by atoms with Crippen LogP contribution in [-0.4, -0.2) is 49.1 Å². The first-order valence-electron chi connectivity index (χ1n) is 8.94. The lowest BCUT2D eigenvalue weighted by molar-refractivity contribution is 0.383. The van der Waals surface area contributed by atoms with Crippen molar-refractivity contribution >= 4 is 27.4 Å². The number of benzene rings is 2. The van der Waals surface area contributed by atoms with Crippen molar-refractivity contribution in [3.8, 4) is 11.3 Å². The Morgan fingerprint density at radius 3 is 2.11 bits per heavy atom. The van der Waals surface area contributed by atoms with Crippen LogP contribution in [0.25, 0.3) is 11.3 Å². The molecular weight excluding hydrogens is 396 g/mol. The molecule has 1 aromatic heterocycles. The number of anilines is 1. The molecule has 0 saturated carbocycles. The van der Waals surface area contributed by atoms with E-state index >= 15 is 0 Å². The van der Waals surface area contributed by atoms with Crippen LogP contribution in [-0.2, 0) is 10.0 Å². The van der Waals surface area contributed by atoms with Crippen molar-refractivity contribution in [3.05, 3.63) is 71.8 Å². The molecule has 8 heteroatoms. The summed E-state index contributed by atoms with van der Waals surface area (Å²) in [5.41, 5.74) is 1.54. The van der Waals surface area contributed by atoms with Crippen molar-refractivity contribution in [1.29, 1.82) is 0 Å². The predicted molar refractivity (Wildman–Crippen MR) is 110 cm³/mol. The highest BCUT2D eigenvalue weighted by Gasteiger charge is 2.28. The van der Waals surface area contributed by atoms with Crippen LogP contribution in [0.2, 0.25) is 5.02 Å². The molecule has 1 saturated heterocycles. The SMILES string of the molecule is O=S(=O)(c1ccccc1)N1CCN(c2ccc(-c3ccccc3Cl)nn2)CC1. The molecule has 3 aromatic rings. The Hall–Kier alpha value is -2.48.